The van der Waals surface area contributed by atoms with Gasteiger partial charge in [-0.2, -0.15) is 0 Å². The molecule has 23 rings (SSSR count). The number of hydrogen-bond acceptors (Lipinski definition) is 7. The van der Waals surface area contributed by atoms with Gasteiger partial charge in [0.05, 0.1) is 0 Å². The molecule has 0 saturated heterocycles. The molecule has 0 spiro atoms. The molecule has 0 fully saturated rings. The highest BCUT2D eigenvalue weighted by molar-refractivity contribution is 6.19. The van der Waals surface area contributed by atoms with Gasteiger partial charge in [0.2, 0.25) is 0 Å². The van der Waals surface area contributed by atoms with Gasteiger partial charge < -0.3 is 31.9 Å². The summed E-state index contributed by atoms with van der Waals surface area (Å²) in [7, 11) is 0. The zero-order valence-corrected chi connectivity index (χ0v) is 57.8. The Bertz CT molecular complexity index is 6890. The molecule has 7 nitrogen and oxygen atoms in total. The van der Waals surface area contributed by atoms with Gasteiger partial charge in [0.15, 0.2) is 0 Å². The first-order valence-electron chi connectivity index (χ1n) is 36.1. The predicted octanol–water partition coefficient (Wildman–Crippen LogP) is 28.4. The molecule has 0 unspecified atom stereocenters. The summed E-state index contributed by atoms with van der Waals surface area (Å²) in [6.07, 6.45) is 0. The van der Waals surface area contributed by atoms with Crippen molar-refractivity contribution in [2.24, 2.45) is 0 Å². The average Bonchev–Trinajstić information content (AvgIpc) is 1.57. The van der Waals surface area contributed by atoms with E-state index in [0.717, 1.165) is 166 Å². The van der Waals surface area contributed by atoms with Gasteiger partial charge in [-0.15, -0.1) is 0 Å². The van der Waals surface area contributed by atoms with Gasteiger partial charge in [-0.1, -0.05) is 185 Å². The summed E-state index contributed by atoms with van der Waals surface area (Å²) in [5.74, 6) is 1.71. The molecule has 0 radical (unpaired) electrons. The first kappa shape index (κ1) is 58.3. The lowest BCUT2D eigenvalue weighted by atomic mass is 9.82. The summed E-state index contributed by atoms with van der Waals surface area (Å²) < 4.78 is 33.7. The molecule has 0 atom stereocenters. The van der Waals surface area contributed by atoms with E-state index >= 15 is 0 Å². The van der Waals surface area contributed by atoms with Crippen molar-refractivity contribution in [3.05, 3.63) is 326 Å². The first-order valence-corrected chi connectivity index (χ1v) is 36.1. The number of rotatable bonds is 8. The maximum atomic E-state index is 7.04. The predicted molar refractivity (Wildman–Crippen MR) is 433 cm³/mol. The maximum absolute atomic E-state index is 7.04. The molecule has 5 heterocycles. The Morgan fingerprint density at radius 2 is 0.543 bits per heavy atom. The molecule has 21 aromatic rings. The van der Waals surface area contributed by atoms with Crippen molar-refractivity contribution < 1.29 is 22.1 Å². The zero-order valence-electron chi connectivity index (χ0n) is 57.8. The van der Waals surface area contributed by atoms with Gasteiger partial charge in [-0.3, -0.25) is 0 Å². The standard InChI is InChI=1S/C98H62N2O5/c1-97(2)81-39-27-55-13-5-9-17-71(55)95(81)75-37-33-67(47-83(75)97)99(65-29-25-57-41-63(23-21-59(57)43-65)87-45-61-15-7-11-19-85(61)101-87)69-31-35-73-77-51-93-79(53-91(77)103-89(73)49-69)80-54-92-78(52-94(80)105-93)74-36-32-70(50-90(74)104-92)100(66-30-26-58-42-64(24-22-60(58)44-66)88-46-62-16-8-12-20-86(62)102-88)68-34-38-76-84(48-68)98(3,4)82-40-28-56-14-6-10-18-72(56)96(76)82/h5-54H,1-4H3. The number of fused-ring (bicyclic) bond motifs is 23. The lowest BCUT2D eigenvalue weighted by Crippen LogP contribution is -2.16. The summed E-state index contributed by atoms with van der Waals surface area (Å²) in [5.41, 5.74) is 24.7. The van der Waals surface area contributed by atoms with Gasteiger partial charge in [0.25, 0.3) is 0 Å². The molecule has 0 amide bonds. The fourth-order valence-electron chi connectivity index (χ4n) is 18.0. The fourth-order valence-corrected chi connectivity index (χ4v) is 18.0. The van der Waals surface area contributed by atoms with E-state index in [2.05, 4.69) is 304 Å². The molecule has 0 N–H and O–H groups in total. The van der Waals surface area contributed by atoms with Crippen molar-refractivity contribution in [3.8, 4) is 44.9 Å². The quantitative estimate of drug-likeness (QED) is 0.150. The van der Waals surface area contributed by atoms with Crippen LogP contribution in [-0.2, 0) is 10.8 Å². The number of hydrogen-bond donors (Lipinski definition) is 0. The Kier molecular flexibility index (Phi) is 11.7. The fraction of sp³-hybridized carbons (Fsp3) is 0.0612. The first-order chi connectivity index (χ1) is 51.4. The monoisotopic (exact) mass is 1350 g/mol. The van der Waals surface area contributed by atoms with Crippen LogP contribution in [0.5, 0.6) is 0 Å². The molecule has 0 aliphatic heterocycles. The molecule has 7 heteroatoms. The third-order valence-electron chi connectivity index (χ3n) is 23.3. The normalized spacial score (nSPS) is 13.7. The van der Waals surface area contributed by atoms with Crippen molar-refractivity contribution in [2.75, 3.05) is 9.80 Å². The molecule has 0 bridgehead atoms. The molecular formula is C98H62N2O5. The second-order valence-corrected chi connectivity index (χ2v) is 29.9. The number of para-hydroxylation sites is 2. The second-order valence-electron chi connectivity index (χ2n) is 29.9. The van der Waals surface area contributed by atoms with Crippen LogP contribution in [0.2, 0.25) is 0 Å². The van der Waals surface area contributed by atoms with Gasteiger partial charge in [-0.25, -0.2) is 0 Å². The van der Waals surface area contributed by atoms with E-state index in [9.17, 15) is 0 Å². The van der Waals surface area contributed by atoms with Crippen LogP contribution in [0.1, 0.15) is 49.9 Å². The maximum Gasteiger partial charge on any atom is 0.137 e. The highest BCUT2D eigenvalue weighted by atomic mass is 16.4. The molecule has 2 aliphatic rings. The van der Waals surface area contributed by atoms with Gasteiger partial charge in [0, 0.05) is 111 Å². The molecule has 16 aromatic carbocycles. The molecule has 2 aliphatic carbocycles. The number of furan rings is 5. The van der Waals surface area contributed by atoms with Crippen LogP contribution in [0.3, 0.4) is 0 Å². The van der Waals surface area contributed by atoms with E-state index in [-0.39, 0.29) is 10.8 Å². The minimum absolute atomic E-state index is 0.240. The van der Waals surface area contributed by atoms with Crippen LogP contribution >= 0.6 is 0 Å². The number of benzene rings is 16. The Morgan fingerprint density at radius 1 is 0.210 bits per heavy atom. The van der Waals surface area contributed by atoms with E-state index in [1.807, 2.05) is 36.4 Å². The lowest BCUT2D eigenvalue weighted by Gasteiger charge is -2.28. The third kappa shape index (κ3) is 8.55. The van der Waals surface area contributed by atoms with Crippen molar-refractivity contribution in [2.45, 2.75) is 38.5 Å². The smallest absolute Gasteiger partial charge is 0.137 e. The van der Waals surface area contributed by atoms with Crippen LogP contribution in [-0.4, -0.2) is 0 Å². The molecule has 0 saturated carbocycles. The minimum atomic E-state index is -0.240. The second kappa shape index (κ2) is 21.1. The zero-order chi connectivity index (χ0) is 69.3. The van der Waals surface area contributed by atoms with Crippen molar-refractivity contribution in [1.82, 2.24) is 0 Å². The summed E-state index contributed by atoms with van der Waals surface area (Å²) in [6, 6.07) is 110. The van der Waals surface area contributed by atoms with E-state index in [4.69, 9.17) is 22.1 Å². The number of nitrogens with zero attached hydrogens (tertiary/aromatic N) is 2. The third-order valence-corrected chi connectivity index (χ3v) is 23.3. The average molecular weight is 1350 g/mol. The molecule has 494 valence electrons. The largest absolute Gasteiger partial charge is 0.456 e. The van der Waals surface area contributed by atoms with E-state index in [1.165, 1.54) is 66.1 Å². The topological polar surface area (TPSA) is 72.2 Å². The summed E-state index contributed by atoms with van der Waals surface area (Å²) in [4.78, 5) is 4.76. The van der Waals surface area contributed by atoms with Gasteiger partial charge in [-0.05, 0) is 221 Å². The SMILES string of the molecule is CC1(C)c2cc(N(c3ccc4cc(-c5cc6ccccc6o5)ccc4c3)c3ccc4c(c3)oc3cc5c(cc34)oc3cc4c(cc35)oc3cc(N(c5ccc6c(c5)C(C)(C)c5ccc7ccccc7c5-6)c5ccc6cc(-c7cc8ccccc8o7)ccc6c5)ccc34)ccc2-c2c1ccc1ccccc21. The van der Waals surface area contributed by atoms with Gasteiger partial charge in [0.1, 0.15) is 56.2 Å². The Labute approximate surface area is 602 Å². The van der Waals surface area contributed by atoms with Crippen LogP contribution in [0.25, 0.3) is 176 Å². The van der Waals surface area contributed by atoms with E-state index < -0.39 is 0 Å². The van der Waals surface area contributed by atoms with Crippen LogP contribution < -0.4 is 9.80 Å². The Balaban J connectivity index is 0.627. The summed E-state index contributed by atoms with van der Waals surface area (Å²) >= 11 is 0. The number of anilines is 6. The highest BCUT2D eigenvalue weighted by Gasteiger charge is 2.39. The molecular weight excluding hydrogens is 1290 g/mol. The minimum Gasteiger partial charge on any atom is -0.456 e. The summed E-state index contributed by atoms with van der Waals surface area (Å²) in [5, 5.41) is 17.6. The van der Waals surface area contributed by atoms with E-state index in [0.29, 0.717) is 0 Å². The highest BCUT2D eigenvalue weighted by Crippen LogP contribution is 2.56. The van der Waals surface area contributed by atoms with Crippen molar-refractivity contribution >= 4 is 165 Å². The van der Waals surface area contributed by atoms with Crippen LogP contribution in [0.15, 0.2) is 325 Å². The Morgan fingerprint density at radius 3 is 0.981 bits per heavy atom. The van der Waals surface area contributed by atoms with Gasteiger partial charge >= 0.3 is 0 Å². The van der Waals surface area contributed by atoms with Crippen molar-refractivity contribution in [1.29, 1.82) is 0 Å². The van der Waals surface area contributed by atoms with Crippen LogP contribution in [0.4, 0.5) is 34.1 Å². The van der Waals surface area contributed by atoms with Crippen molar-refractivity contribution in [3.63, 3.8) is 0 Å². The molecule has 5 aromatic heterocycles. The molecule has 105 heavy (non-hydrogen) atoms. The Hall–Kier alpha value is -13.4. The van der Waals surface area contributed by atoms with Crippen LogP contribution in [0, 0.1) is 0 Å². The lowest BCUT2D eigenvalue weighted by molar-refractivity contribution is 0.631. The van der Waals surface area contributed by atoms with E-state index in [1.54, 1.807) is 0 Å². The summed E-state index contributed by atoms with van der Waals surface area (Å²) in [6.45, 7) is 9.46.